The van der Waals surface area contributed by atoms with E-state index in [4.69, 9.17) is 11.6 Å². The van der Waals surface area contributed by atoms with Crippen molar-refractivity contribution in [2.45, 2.75) is 12.3 Å². The van der Waals surface area contributed by atoms with Crippen molar-refractivity contribution in [3.8, 4) is 0 Å². The van der Waals surface area contributed by atoms with E-state index >= 15 is 0 Å². The van der Waals surface area contributed by atoms with Crippen LogP contribution < -0.4 is 0 Å². The van der Waals surface area contributed by atoms with Crippen LogP contribution in [0.3, 0.4) is 0 Å². The summed E-state index contributed by atoms with van der Waals surface area (Å²) in [7, 11) is 0. The molecule has 16 heavy (non-hydrogen) atoms. The summed E-state index contributed by atoms with van der Waals surface area (Å²) in [5.74, 6) is -0.258. The fourth-order valence-electron chi connectivity index (χ4n) is 1.48. The average Bonchev–Trinajstić information content (AvgIpc) is 2.67. The van der Waals surface area contributed by atoms with Gasteiger partial charge in [-0.05, 0) is 40.4 Å². The minimum atomic E-state index is -0.436. The van der Waals surface area contributed by atoms with E-state index in [-0.39, 0.29) is 5.82 Å². The van der Waals surface area contributed by atoms with Crippen molar-refractivity contribution < 1.29 is 4.39 Å². The Balaban J connectivity index is 2.45. The van der Waals surface area contributed by atoms with Crippen LogP contribution in [0.15, 0.2) is 34.1 Å². The molecule has 2 rings (SSSR count). The molecule has 0 saturated carbocycles. The van der Waals surface area contributed by atoms with Crippen LogP contribution in [-0.4, -0.2) is 0 Å². The average molecular weight is 320 g/mol. The normalized spacial score (nSPS) is 12.8. The molecule has 0 saturated heterocycles. The van der Waals surface area contributed by atoms with Gasteiger partial charge in [0.1, 0.15) is 5.82 Å². The molecular formula is C12H9BrClFS. The summed E-state index contributed by atoms with van der Waals surface area (Å²) in [5, 5.41) is 1.50. The Morgan fingerprint density at radius 3 is 2.75 bits per heavy atom. The Morgan fingerprint density at radius 1 is 1.38 bits per heavy atom. The molecular weight excluding hydrogens is 311 g/mol. The van der Waals surface area contributed by atoms with Crippen molar-refractivity contribution in [3.05, 3.63) is 55.9 Å². The summed E-state index contributed by atoms with van der Waals surface area (Å²) < 4.78 is 14.6. The number of thiophene rings is 1. The van der Waals surface area contributed by atoms with Crippen LogP contribution in [0.2, 0.25) is 0 Å². The predicted molar refractivity (Wildman–Crippen MR) is 70.9 cm³/mol. The van der Waals surface area contributed by atoms with E-state index in [0.29, 0.717) is 5.56 Å². The highest BCUT2D eigenvalue weighted by Gasteiger charge is 2.18. The number of hydrogen-bond acceptors (Lipinski definition) is 1. The SMILES string of the molecule is Cc1ccc(F)c(C(Cl)c2sccc2Br)c1. The third-order valence-electron chi connectivity index (χ3n) is 2.30. The molecule has 0 bridgehead atoms. The van der Waals surface area contributed by atoms with Crippen LogP contribution in [0.25, 0.3) is 0 Å². The van der Waals surface area contributed by atoms with Crippen LogP contribution in [0, 0.1) is 12.7 Å². The molecule has 1 aromatic carbocycles. The van der Waals surface area contributed by atoms with Gasteiger partial charge < -0.3 is 0 Å². The molecule has 0 aliphatic rings. The second-order valence-corrected chi connectivity index (χ2v) is 5.76. The first-order valence-electron chi connectivity index (χ1n) is 4.72. The third kappa shape index (κ3) is 2.31. The molecule has 0 aliphatic heterocycles. The molecule has 0 radical (unpaired) electrons. The van der Waals surface area contributed by atoms with Gasteiger partial charge in [-0.2, -0.15) is 0 Å². The maximum atomic E-state index is 13.6. The van der Waals surface area contributed by atoms with Gasteiger partial charge in [-0.3, -0.25) is 0 Å². The zero-order valence-corrected chi connectivity index (χ0v) is 11.7. The number of halogens is 3. The van der Waals surface area contributed by atoms with Gasteiger partial charge in [0, 0.05) is 14.9 Å². The predicted octanol–water partition coefficient (Wildman–Crippen LogP) is 5.29. The highest BCUT2D eigenvalue weighted by molar-refractivity contribution is 9.10. The first-order chi connectivity index (χ1) is 7.59. The van der Waals surface area contributed by atoms with Crippen molar-refractivity contribution in [1.29, 1.82) is 0 Å². The lowest BCUT2D eigenvalue weighted by Gasteiger charge is -2.10. The smallest absolute Gasteiger partial charge is 0.128 e. The van der Waals surface area contributed by atoms with Gasteiger partial charge in [0.2, 0.25) is 0 Å². The molecule has 0 spiro atoms. The van der Waals surface area contributed by atoms with E-state index in [0.717, 1.165) is 14.9 Å². The summed E-state index contributed by atoms with van der Waals surface area (Å²) in [6.45, 7) is 1.93. The van der Waals surface area contributed by atoms with E-state index < -0.39 is 5.38 Å². The van der Waals surface area contributed by atoms with Crippen molar-refractivity contribution in [1.82, 2.24) is 0 Å². The molecule has 84 valence electrons. The van der Waals surface area contributed by atoms with Crippen LogP contribution >= 0.6 is 38.9 Å². The van der Waals surface area contributed by atoms with E-state index in [1.807, 2.05) is 18.4 Å². The van der Waals surface area contributed by atoms with Gasteiger partial charge in [-0.15, -0.1) is 22.9 Å². The summed E-state index contributed by atoms with van der Waals surface area (Å²) in [5.41, 5.74) is 1.54. The zero-order valence-electron chi connectivity index (χ0n) is 8.51. The van der Waals surface area contributed by atoms with E-state index in [2.05, 4.69) is 15.9 Å². The minimum Gasteiger partial charge on any atom is -0.207 e. The molecule has 0 N–H and O–H groups in total. The maximum Gasteiger partial charge on any atom is 0.128 e. The zero-order chi connectivity index (χ0) is 11.7. The van der Waals surface area contributed by atoms with Crippen LogP contribution in [-0.2, 0) is 0 Å². The second-order valence-electron chi connectivity index (χ2n) is 3.52. The summed E-state index contributed by atoms with van der Waals surface area (Å²) >= 11 is 11.2. The molecule has 1 heterocycles. The van der Waals surface area contributed by atoms with Crippen molar-refractivity contribution in [2.24, 2.45) is 0 Å². The van der Waals surface area contributed by atoms with Gasteiger partial charge in [-0.1, -0.05) is 17.7 Å². The van der Waals surface area contributed by atoms with E-state index in [1.165, 1.54) is 17.4 Å². The molecule has 0 nitrogen and oxygen atoms in total. The third-order valence-corrected chi connectivity index (χ3v) is 4.82. The Labute approximate surface area is 111 Å². The number of aryl methyl sites for hydroxylation is 1. The number of rotatable bonds is 2. The molecule has 1 aromatic heterocycles. The first-order valence-corrected chi connectivity index (χ1v) is 6.83. The van der Waals surface area contributed by atoms with Crippen LogP contribution in [0.1, 0.15) is 21.4 Å². The topological polar surface area (TPSA) is 0 Å². The monoisotopic (exact) mass is 318 g/mol. The summed E-state index contributed by atoms with van der Waals surface area (Å²) in [6, 6.07) is 6.91. The summed E-state index contributed by atoms with van der Waals surface area (Å²) in [4.78, 5) is 0.936. The van der Waals surface area contributed by atoms with Crippen molar-refractivity contribution in [2.75, 3.05) is 0 Å². The number of hydrogen-bond donors (Lipinski definition) is 0. The van der Waals surface area contributed by atoms with Crippen molar-refractivity contribution in [3.63, 3.8) is 0 Å². The lowest BCUT2D eigenvalue weighted by Crippen LogP contribution is -1.96. The lowest BCUT2D eigenvalue weighted by molar-refractivity contribution is 0.612. The highest BCUT2D eigenvalue weighted by atomic mass is 79.9. The van der Waals surface area contributed by atoms with Crippen molar-refractivity contribution >= 4 is 38.9 Å². The van der Waals surface area contributed by atoms with E-state index in [1.54, 1.807) is 12.1 Å². The quantitative estimate of drug-likeness (QED) is 0.660. The minimum absolute atomic E-state index is 0.258. The largest absolute Gasteiger partial charge is 0.207 e. The van der Waals surface area contributed by atoms with Gasteiger partial charge >= 0.3 is 0 Å². The standard InChI is InChI=1S/C12H9BrClFS/c1-7-2-3-10(15)8(6-7)11(14)12-9(13)4-5-16-12/h2-6,11H,1H3. The van der Waals surface area contributed by atoms with Gasteiger partial charge in [-0.25, -0.2) is 4.39 Å². The summed E-state index contributed by atoms with van der Waals surface area (Å²) in [6.07, 6.45) is 0. The Kier molecular flexibility index (Phi) is 3.67. The first kappa shape index (κ1) is 12.1. The van der Waals surface area contributed by atoms with Crippen LogP contribution in [0.5, 0.6) is 0 Å². The molecule has 1 unspecified atom stereocenters. The Morgan fingerprint density at radius 2 is 2.12 bits per heavy atom. The fourth-order valence-corrected chi connectivity index (χ4v) is 3.65. The molecule has 0 aliphatic carbocycles. The maximum absolute atomic E-state index is 13.6. The highest BCUT2D eigenvalue weighted by Crippen LogP contribution is 2.38. The Hall–Kier alpha value is -0.380. The van der Waals surface area contributed by atoms with Gasteiger partial charge in [0.25, 0.3) is 0 Å². The van der Waals surface area contributed by atoms with E-state index in [9.17, 15) is 4.39 Å². The molecule has 0 amide bonds. The molecule has 2 aromatic rings. The molecule has 1 atom stereocenters. The van der Waals surface area contributed by atoms with Crippen LogP contribution in [0.4, 0.5) is 4.39 Å². The number of benzene rings is 1. The molecule has 4 heteroatoms. The van der Waals surface area contributed by atoms with Gasteiger partial charge in [0.05, 0.1) is 5.38 Å². The van der Waals surface area contributed by atoms with Gasteiger partial charge in [0.15, 0.2) is 0 Å². The number of alkyl halides is 1. The lowest BCUT2D eigenvalue weighted by atomic mass is 10.1. The molecule has 0 fully saturated rings. The fraction of sp³-hybridized carbons (Fsp3) is 0.167. The Bertz CT molecular complexity index is 509. The second kappa shape index (κ2) is 4.86.